The fraction of sp³-hybridized carbons (Fsp3) is 0.333. The molecule has 0 atom stereocenters. The van der Waals surface area contributed by atoms with Gasteiger partial charge in [-0.25, -0.2) is 0 Å². The summed E-state index contributed by atoms with van der Waals surface area (Å²) < 4.78 is 5.84. The molecule has 23 heavy (non-hydrogen) atoms. The standard InChI is InChI=1S/C18H20Cl2O3/c1-4-11-12(5-2)17(22)18(13(6-3)16(11)21)23-10-7-8-14(19)15(20)9-10/h7-9,21-22H,4-6H2,1-3H3. The molecule has 5 heteroatoms. The fourth-order valence-corrected chi connectivity index (χ4v) is 3.00. The number of phenols is 2. The van der Waals surface area contributed by atoms with Crippen LogP contribution in [0, 0.1) is 0 Å². The number of phenolic OH excluding ortho intramolecular Hbond substituents is 2. The van der Waals surface area contributed by atoms with E-state index in [-0.39, 0.29) is 17.2 Å². The summed E-state index contributed by atoms with van der Waals surface area (Å²) in [6.07, 6.45) is 1.78. The van der Waals surface area contributed by atoms with Crippen LogP contribution in [-0.4, -0.2) is 10.2 Å². The number of aromatic hydroxyl groups is 2. The highest BCUT2D eigenvalue weighted by molar-refractivity contribution is 6.42. The van der Waals surface area contributed by atoms with E-state index < -0.39 is 0 Å². The number of rotatable bonds is 5. The number of ether oxygens (including phenoxy) is 1. The molecular weight excluding hydrogens is 335 g/mol. The second kappa shape index (κ2) is 7.33. The van der Waals surface area contributed by atoms with Crippen molar-refractivity contribution in [2.45, 2.75) is 40.0 Å². The van der Waals surface area contributed by atoms with Crippen molar-refractivity contribution in [1.29, 1.82) is 0 Å². The van der Waals surface area contributed by atoms with Crippen LogP contribution in [0.4, 0.5) is 0 Å². The molecule has 3 nitrogen and oxygen atoms in total. The lowest BCUT2D eigenvalue weighted by Crippen LogP contribution is -2.01. The molecular formula is C18H20Cl2O3. The lowest BCUT2D eigenvalue weighted by molar-refractivity contribution is 0.391. The van der Waals surface area contributed by atoms with Crippen LogP contribution in [0.2, 0.25) is 10.0 Å². The molecule has 0 fully saturated rings. The van der Waals surface area contributed by atoms with Gasteiger partial charge in [-0.3, -0.25) is 0 Å². The average Bonchev–Trinajstić information content (AvgIpc) is 2.53. The van der Waals surface area contributed by atoms with E-state index in [1.807, 2.05) is 20.8 Å². The molecule has 0 aliphatic carbocycles. The van der Waals surface area contributed by atoms with Crippen LogP contribution in [0.3, 0.4) is 0 Å². The fourth-order valence-electron chi connectivity index (χ4n) is 2.71. The highest BCUT2D eigenvalue weighted by Crippen LogP contribution is 2.46. The van der Waals surface area contributed by atoms with Crippen LogP contribution in [0.25, 0.3) is 0 Å². The van der Waals surface area contributed by atoms with Crippen LogP contribution in [-0.2, 0) is 19.3 Å². The van der Waals surface area contributed by atoms with Gasteiger partial charge in [-0.05, 0) is 31.4 Å². The van der Waals surface area contributed by atoms with Gasteiger partial charge in [0, 0.05) is 22.8 Å². The van der Waals surface area contributed by atoms with Gasteiger partial charge in [-0.15, -0.1) is 0 Å². The molecule has 0 saturated carbocycles. The van der Waals surface area contributed by atoms with Crippen LogP contribution in [0.15, 0.2) is 18.2 Å². The van der Waals surface area contributed by atoms with E-state index in [0.717, 1.165) is 5.56 Å². The molecule has 2 rings (SSSR count). The molecule has 2 aromatic rings. The van der Waals surface area contributed by atoms with Gasteiger partial charge in [0.05, 0.1) is 10.0 Å². The Morgan fingerprint density at radius 1 is 0.826 bits per heavy atom. The molecule has 2 aromatic carbocycles. The Morgan fingerprint density at radius 3 is 1.91 bits per heavy atom. The predicted octanol–water partition coefficient (Wildman–Crippen LogP) is 5.88. The van der Waals surface area contributed by atoms with Gasteiger partial charge < -0.3 is 14.9 Å². The van der Waals surface area contributed by atoms with Crippen molar-refractivity contribution >= 4 is 23.2 Å². The first-order chi connectivity index (χ1) is 10.9. The first-order valence-electron chi connectivity index (χ1n) is 7.65. The second-order valence-electron chi connectivity index (χ2n) is 5.20. The summed E-state index contributed by atoms with van der Waals surface area (Å²) in [5, 5.41) is 22.0. The Bertz CT molecular complexity index is 727. The van der Waals surface area contributed by atoms with Gasteiger partial charge in [0.2, 0.25) is 0 Å². The second-order valence-corrected chi connectivity index (χ2v) is 6.02. The van der Waals surface area contributed by atoms with Crippen LogP contribution in [0.1, 0.15) is 37.5 Å². The molecule has 2 N–H and O–H groups in total. The Labute approximate surface area is 146 Å². The monoisotopic (exact) mass is 354 g/mol. The van der Waals surface area contributed by atoms with Gasteiger partial charge in [-0.2, -0.15) is 0 Å². The highest BCUT2D eigenvalue weighted by atomic mass is 35.5. The quantitative estimate of drug-likeness (QED) is 0.658. The normalized spacial score (nSPS) is 10.8. The van der Waals surface area contributed by atoms with Crippen molar-refractivity contribution in [3.05, 3.63) is 44.9 Å². The van der Waals surface area contributed by atoms with Gasteiger partial charge in [-0.1, -0.05) is 44.0 Å². The maximum atomic E-state index is 10.6. The van der Waals surface area contributed by atoms with Crippen molar-refractivity contribution < 1.29 is 14.9 Å². The van der Waals surface area contributed by atoms with Gasteiger partial charge in [0.15, 0.2) is 11.5 Å². The Kier molecular flexibility index (Phi) is 5.66. The minimum atomic E-state index is 0.0741. The molecule has 0 aliphatic rings. The van der Waals surface area contributed by atoms with Crippen molar-refractivity contribution in [1.82, 2.24) is 0 Å². The minimum Gasteiger partial charge on any atom is -0.507 e. The number of hydrogen-bond donors (Lipinski definition) is 2. The summed E-state index contributed by atoms with van der Waals surface area (Å²) in [4.78, 5) is 0. The van der Waals surface area contributed by atoms with E-state index in [4.69, 9.17) is 27.9 Å². The first-order valence-corrected chi connectivity index (χ1v) is 8.41. The average molecular weight is 355 g/mol. The number of benzene rings is 2. The van der Waals surface area contributed by atoms with Crippen molar-refractivity contribution in [2.24, 2.45) is 0 Å². The van der Waals surface area contributed by atoms with Crippen LogP contribution < -0.4 is 4.74 Å². The maximum absolute atomic E-state index is 10.6. The van der Waals surface area contributed by atoms with Crippen LogP contribution in [0.5, 0.6) is 23.0 Å². The van der Waals surface area contributed by atoms with E-state index >= 15 is 0 Å². The molecule has 0 heterocycles. The van der Waals surface area contributed by atoms with Crippen molar-refractivity contribution in [3.63, 3.8) is 0 Å². The van der Waals surface area contributed by atoms with Gasteiger partial charge >= 0.3 is 0 Å². The van der Waals surface area contributed by atoms with Gasteiger partial charge in [0.25, 0.3) is 0 Å². The maximum Gasteiger partial charge on any atom is 0.176 e. The first kappa shape index (κ1) is 17.8. The summed E-state index contributed by atoms with van der Waals surface area (Å²) in [5.74, 6) is 0.998. The summed E-state index contributed by atoms with van der Waals surface area (Å²) in [6, 6.07) is 4.88. The van der Waals surface area contributed by atoms with E-state index in [0.29, 0.717) is 46.2 Å². The Balaban J connectivity index is 2.60. The smallest absolute Gasteiger partial charge is 0.176 e. The van der Waals surface area contributed by atoms with Gasteiger partial charge in [0.1, 0.15) is 11.5 Å². The largest absolute Gasteiger partial charge is 0.507 e. The van der Waals surface area contributed by atoms with E-state index in [9.17, 15) is 10.2 Å². The third-order valence-electron chi connectivity index (χ3n) is 3.88. The highest BCUT2D eigenvalue weighted by Gasteiger charge is 2.22. The number of hydrogen-bond acceptors (Lipinski definition) is 3. The molecule has 0 bridgehead atoms. The topological polar surface area (TPSA) is 49.7 Å². The summed E-state index contributed by atoms with van der Waals surface area (Å²) in [7, 11) is 0. The molecule has 0 spiro atoms. The van der Waals surface area contributed by atoms with E-state index in [2.05, 4.69) is 0 Å². The SMILES string of the molecule is CCc1c(O)c(CC)c(Oc2ccc(Cl)c(Cl)c2)c(O)c1CC. The zero-order valence-electron chi connectivity index (χ0n) is 13.4. The third-order valence-corrected chi connectivity index (χ3v) is 4.62. The minimum absolute atomic E-state index is 0.0741. The van der Waals surface area contributed by atoms with Crippen LogP contribution >= 0.6 is 23.2 Å². The Hall–Kier alpha value is -1.58. The lowest BCUT2D eigenvalue weighted by atomic mass is 9.95. The third kappa shape index (κ3) is 3.36. The molecule has 0 unspecified atom stereocenters. The molecule has 0 radical (unpaired) electrons. The molecule has 0 aromatic heterocycles. The van der Waals surface area contributed by atoms with Crippen molar-refractivity contribution in [2.75, 3.05) is 0 Å². The van der Waals surface area contributed by atoms with E-state index in [1.165, 1.54) is 0 Å². The summed E-state index contributed by atoms with van der Waals surface area (Å²) >= 11 is 11.9. The zero-order chi connectivity index (χ0) is 17.1. The van der Waals surface area contributed by atoms with Crippen molar-refractivity contribution in [3.8, 4) is 23.0 Å². The zero-order valence-corrected chi connectivity index (χ0v) is 14.9. The summed E-state index contributed by atoms with van der Waals surface area (Å²) in [5.41, 5.74) is 2.06. The summed E-state index contributed by atoms with van der Waals surface area (Å²) in [6.45, 7) is 5.79. The van der Waals surface area contributed by atoms with E-state index in [1.54, 1.807) is 18.2 Å². The number of halogens is 2. The molecule has 0 amide bonds. The predicted molar refractivity (Wildman–Crippen MR) is 94.4 cm³/mol. The Morgan fingerprint density at radius 2 is 1.39 bits per heavy atom. The lowest BCUT2D eigenvalue weighted by Gasteiger charge is -2.20. The molecule has 124 valence electrons. The molecule has 0 saturated heterocycles. The molecule has 0 aliphatic heterocycles.